The van der Waals surface area contributed by atoms with Crippen LogP contribution in [0.2, 0.25) is 0 Å². The van der Waals surface area contributed by atoms with E-state index < -0.39 is 17.8 Å². The highest BCUT2D eigenvalue weighted by molar-refractivity contribution is 6.06. The maximum Gasteiger partial charge on any atom is 0.321 e. The van der Waals surface area contributed by atoms with Crippen molar-refractivity contribution >= 4 is 17.6 Å². The van der Waals surface area contributed by atoms with Crippen molar-refractivity contribution in [2.45, 2.75) is 19.9 Å². The van der Waals surface area contributed by atoms with E-state index in [0.717, 1.165) is 5.56 Å². The quantitative estimate of drug-likeness (QED) is 0.639. The van der Waals surface area contributed by atoms with Crippen LogP contribution in [0, 0.1) is 19.7 Å². The second kappa shape index (κ2) is 8.74. The van der Waals surface area contributed by atoms with Crippen LogP contribution in [0.15, 0.2) is 77.4 Å². The van der Waals surface area contributed by atoms with E-state index in [4.69, 9.17) is 0 Å². The van der Waals surface area contributed by atoms with Gasteiger partial charge in [-0.05, 0) is 55.3 Å². The minimum Gasteiger partial charge on any atom is -0.327 e. The Morgan fingerprint density at radius 3 is 2.48 bits per heavy atom. The Balaban J connectivity index is 1.68. The standard InChI is InChI=1S/C25H23FN4O3/c1-15-6-11-19(30-12-4-5-16(2)24(30)32)13-21(15)27-23(31)20-14-29(3)25(33)28-22(20)17-7-9-18(26)10-8-17/h4-14,22H,1-3H3,(H,27,31)(H,28,33)/t22-/m0/s1. The summed E-state index contributed by atoms with van der Waals surface area (Å²) in [7, 11) is 1.54. The Morgan fingerprint density at radius 1 is 1.03 bits per heavy atom. The van der Waals surface area contributed by atoms with E-state index in [9.17, 15) is 18.8 Å². The molecule has 0 aliphatic carbocycles. The molecule has 0 bridgehead atoms. The summed E-state index contributed by atoms with van der Waals surface area (Å²) in [6, 6.07) is 13.4. The second-order valence-electron chi connectivity index (χ2n) is 7.95. The van der Waals surface area contributed by atoms with Crippen molar-refractivity contribution < 1.29 is 14.0 Å². The van der Waals surface area contributed by atoms with Crippen molar-refractivity contribution in [1.29, 1.82) is 0 Å². The molecule has 0 fully saturated rings. The van der Waals surface area contributed by atoms with Gasteiger partial charge in [0.15, 0.2) is 0 Å². The molecule has 33 heavy (non-hydrogen) atoms. The summed E-state index contributed by atoms with van der Waals surface area (Å²) in [6.07, 6.45) is 3.14. The van der Waals surface area contributed by atoms with Crippen LogP contribution >= 0.6 is 0 Å². The first-order chi connectivity index (χ1) is 15.7. The summed E-state index contributed by atoms with van der Waals surface area (Å²) >= 11 is 0. The van der Waals surface area contributed by atoms with Crippen LogP contribution < -0.4 is 16.2 Å². The highest BCUT2D eigenvalue weighted by atomic mass is 19.1. The lowest BCUT2D eigenvalue weighted by atomic mass is 9.97. The SMILES string of the molecule is Cc1ccc(-n2cccc(C)c2=O)cc1NC(=O)C1=CN(C)C(=O)N[C@H]1c1ccc(F)cc1. The van der Waals surface area contributed by atoms with Crippen LogP contribution in [0.3, 0.4) is 0 Å². The summed E-state index contributed by atoms with van der Waals surface area (Å²) in [6.45, 7) is 3.59. The van der Waals surface area contributed by atoms with E-state index in [1.54, 1.807) is 44.4 Å². The molecule has 0 saturated heterocycles. The molecular formula is C25H23FN4O3. The maximum absolute atomic E-state index is 13.4. The molecule has 2 heterocycles. The van der Waals surface area contributed by atoms with Crippen molar-refractivity contribution in [2.24, 2.45) is 0 Å². The van der Waals surface area contributed by atoms with E-state index in [2.05, 4.69) is 10.6 Å². The van der Waals surface area contributed by atoms with Crippen LogP contribution in [-0.4, -0.2) is 28.5 Å². The second-order valence-corrected chi connectivity index (χ2v) is 7.95. The fraction of sp³-hybridized carbons (Fsp3) is 0.160. The molecule has 1 aliphatic rings. The lowest BCUT2D eigenvalue weighted by molar-refractivity contribution is -0.113. The van der Waals surface area contributed by atoms with Crippen LogP contribution in [0.4, 0.5) is 14.9 Å². The molecule has 168 valence electrons. The monoisotopic (exact) mass is 446 g/mol. The first kappa shape index (κ1) is 22.0. The van der Waals surface area contributed by atoms with Gasteiger partial charge >= 0.3 is 6.03 Å². The summed E-state index contributed by atoms with van der Waals surface area (Å²) in [5, 5.41) is 5.67. The number of hydrogen-bond acceptors (Lipinski definition) is 3. The van der Waals surface area contributed by atoms with Crippen molar-refractivity contribution in [1.82, 2.24) is 14.8 Å². The number of anilines is 1. The summed E-state index contributed by atoms with van der Waals surface area (Å²) in [4.78, 5) is 39.3. The number of benzene rings is 2. The van der Waals surface area contributed by atoms with Crippen molar-refractivity contribution in [3.8, 4) is 5.69 Å². The zero-order valence-electron chi connectivity index (χ0n) is 18.4. The molecule has 0 radical (unpaired) electrons. The Kier molecular flexibility index (Phi) is 5.83. The van der Waals surface area contributed by atoms with Crippen molar-refractivity contribution in [3.05, 3.63) is 105 Å². The number of nitrogens with zero attached hydrogens (tertiary/aromatic N) is 2. The number of pyridine rings is 1. The molecule has 2 N–H and O–H groups in total. The third-order valence-corrected chi connectivity index (χ3v) is 5.58. The lowest BCUT2D eigenvalue weighted by Gasteiger charge is -2.30. The van der Waals surface area contributed by atoms with Gasteiger partial charge in [-0.2, -0.15) is 0 Å². The smallest absolute Gasteiger partial charge is 0.321 e. The molecule has 3 aromatic rings. The maximum atomic E-state index is 13.4. The predicted octanol–water partition coefficient (Wildman–Crippen LogP) is 3.81. The molecule has 2 aromatic carbocycles. The minimum atomic E-state index is -0.739. The fourth-order valence-electron chi connectivity index (χ4n) is 3.65. The normalized spacial score (nSPS) is 15.6. The summed E-state index contributed by atoms with van der Waals surface area (Å²) in [5.74, 6) is -0.833. The Labute approximate surface area is 190 Å². The highest BCUT2D eigenvalue weighted by Crippen LogP contribution is 2.28. The Bertz CT molecular complexity index is 1330. The van der Waals surface area contributed by atoms with Gasteiger partial charge < -0.3 is 15.5 Å². The van der Waals surface area contributed by atoms with Crippen LogP contribution in [0.5, 0.6) is 0 Å². The molecule has 0 unspecified atom stereocenters. The van der Waals surface area contributed by atoms with Gasteiger partial charge in [-0.15, -0.1) is 0 Å². The van der Waals surface area contributed by atoms with Gasteiger partial charge in [0.05, 0.1) is 17.3 Å². The average Bonchev–Trinajstić information content (AvgIpc) is 2.79. The number of amides is 3. The third kappa shape index (κ3) is 4.41. The van der Waals surface area contributed by atoms with Crippen LogP contribution in [0.1, 0.15) is 22.7 Å². The molecule has 7 nitrogen and oxygen atoms in total. The Hall–Kier alpha value is -4.20. The average molecular weight is 446 g/mol. The van der Waals surface area contributed by atoms with Crippen molar-refractivity contribution in [2.75, 3.05) is 12.4 Å². The molecule has 1 aromatic heterocycles. The van der Waals surface area contributed by atoms with E-state index in [0.29, 0.717) is 28.1 Å². The molecule has 1 atom stereocenters. The zero-order chi connectivity index (χ0) is 23.7. The number of aryl methyl sites for hydroxylation is 2. The molecule has 0 saturated carbocycles. The first-order valence-electron chi connectivity index (χ1n) is 10.4. The lowest BCUT2D eigenvalue weighted by Crippen LogP contribution is -2.44. The van der Waals surface area contributed by atoms with Crippen LogP contribution in [0.25, 0.3) is 5.69 Å². The first-order valence-corrected chi connectivity index (χ1v) is 10.4. The number of halogens is 1. The molecular weight excluding hydrogens is 423 g/mol. The van der Waals surface area contributed by atoms with Gasteiger partial charge in [0.25, 0.3) is 11.5 Å². The topological polar surface area (TPSA) is 83.4 Å². The van der Waals surface area contributed by atoms with Gasteiger partial charge in [-0.25, -0.2) is 9.18 Å². The molecule has 4 rings (SSSR count). The highest BCUT2D eigenvalue weighted by Gasteiger charge is 2.30. The van der Waals surface area contributed by atoms with Gasteiger partial charge in [-0.1, -0.05) is 24.3 Å². The minimum absolute atomic E-state index is 0.144. The zero-order valence-corrected chi connectivity index (χ0v) is 18.4. The number of nitrogens with one attached hydrogen (secondary N) is 2. The summed E-state index contributed by atoms with van der Waals surface area (Å²) in [5.41, 5.74) is 3.29. The number of rotatable bonds is 4. The number of hydrogen-bond donors (Lipinski definition) is 2. The summed E-state index contributed by atoms with van der Waals surface area (Å²) < 4.78 is 14.9. The number of urea groups is 1. The van der Waals surface area contributed by atoms with Gasteiger partial charge in [-0.3, -0.25) is 14.2 Å². The third-order valence-electron chi connectivity index (χ3n) is 5.58. The van der Waals surface area contributed by atoms with Gasteiger partial charge in [0.2, 0.25) is 0 Å². The van der Waals surface area contributed by atoms with E-state index >= 15 is 0 Å². The Morgan fingerprint density at radius 2 is 1.76 bits per heavy atom. The number of aromatic nitrogens is 1. The van der Waals surface area contributed by atoms with Crippen LogP contribution in [-0.2, 0) is 4.79 Å². The predicted molar refractivity (Wildman–Crippen MR) is 124 cm³/mol. The van der Waals surface area contributed by atoms with E-state index in [1.807, 2.05) is 13.0 Å². The van der Waals surface area contributed by atoms with E-state index in [-0.39, 0.29) is 11.6 Å². The van der Waals surface area contributed by atoms with Gasteiger partial charge in [0, 0.05) is 30.7 Å². The molecule has 0 spiro atoms. The van der Waals surface area contributed by atoms with Crippen molar-refractivity contribution in [3.63, 3.8) is 0 Å². The fourth-order valence-corrected chi connectivity index (χ4v) is 3.65. The molecule has 1 aliphatic heterocycles. The molecule has 8 heteroatoms. The van der Waals surface area contributed by atoms with E-state index in [1.165, 1.54) is 39.9 Å². The number of carbonyl (C=O) groups is 2. The number of carbonyl (C=O) groups excluding carboxylic acids is 2. The van der Waals surface area contributed by atoms with Gasteiger partial charge in [0.1, 0.15) is 5.82 Å². The molecule has 3 amide bonds. The largest absolute Gasteiger partial charge is 0.327 e.